The normalized spacial score (nSPS) is 18.6. The smallest absolute Gasteiger partial charge is 0.168 e. The highest BCUT2D eigenvalue weighted by Crippen LogP contribution is 2.30. The zero-order chi connectivity index (χ0) is 10.3. The number of carbonyl (C=O) groups is 1. The van der Waals surface area contributed by atoms with Gasteiger partial charge in [-0.1, -0.05) is 0 Å². The molecule has 1 aliphatic heterocycles. The molecule has 0 aromatic carbocycles. The quantitative estimate of drug-likeness (QED) is 0.774. The molecule has 0 amide bonds. The summed E-state index contributed by atoms with van der Waals surface area (Å²) >= 11 is 3.30. The molecule has 2 rings (SSSR count). The molecular formula is C10H11BrN2O. The Morgan fingerprint density at radius 3 is 3.00 bits per heavy atom. The second kappa shape index (κ2) is 3.05. The van der Waals surface area contributed by atoms with Crippen molar-refractivity contribution in [3.63, 3.8) is 0 Å². The number of hydrogen-bond acceptors (Lipinski definition) is 3. The number of rotatable bonds is 0. The van der Waals surface area contributed by atoms with Gasteiger partial charge in [0, 0.05) is 22.6 Å². The molecule has 0 radical (unpaired) electrons. The van der Waals surface area contributed by atoms with Crippen molar-refractivity contribution < 1.29 is 4.79 Å². The molecule has 0 atom stereocenters. The van der Waals surface area contributed by atoms with Crippen molar-refractivity contribution in [1.29, 1.82) is 0 Å². The summed E-state index contributed by atoms with van der Waals surface area (Å²) in [5.41, 5.74) is 0.490. The molecule has 3 nitrogen and oxygen atoms in total. The third-order valence-corrected chi connectivity index (χ3v) is 2.65. The van der Waals surface area contributed by atoms with E-state index in [-0.39, 0.29) is 11.3 Å². The van der Waals surface area contributed by atoms with E-state index < -0.39 is 0 Å². The lowest BCUT2D eigenvalue weighted by Crippen LogP contribution is -2.38. The SMILES string of the molecule is CC1(C)CC(=O)c2cc(Br)cnc2N1. The first-order chi connectivity index (χ1) is 6.48. The van der Waals surface area contributed by atoms with E-state index >= 15 is 0 Å². The van der Waals surface area contributed by atoms with E-state index in [1.54, 1.807) is 6.20 Å². The second-order valence-electron chi connectivity index (χ2n) is 4.16. The Hall–Kier alpha value is -0.900. The molecule has 0 aliphatic carbocycles. The summed E-state index contributed by atoms with van der Waals surface area (Å²) in [5, 5.41) is 3.24. The minimum atomic E-state index is -0.190. The molecule has 0 saturated heterocycles. The maximum Gasteiger partial charge on any atom is 0.168 e. The Balaban J connectivity index is 2.50. The lowest BCUT2D eigenvalue weighted by atomic mass is 9.90. The fourth-order valence-electron chi connectivity index (χ4n) is 1.61. The second-order valence-corrected chi connectivity index (χ2v) is 5.07. The van der Waals surface area contributed by atoms with Gasteiger partial charge >= 0.3 is 0 Å². The van der Waals surface area contributed by atoms with E-state index in [9.17, 15) is 4.79 Å². The van der Waals surface area contributed by atoms with Crippen molar-refractivity contribution in [1.82, 2.24) is 4.98 Å². The van der Waals surface area contributed by atoms with E-state index in [1.807, 2.05) is 19.9 Å². The highest BCUT2D eigenvalue weighted by Gasteiger charge is 2.30. The molecular weight excluding hydrogens is 244 g/mol. The van der Waals surface area contributed by atoms with Crippen LogP contribution >= 0.6 is 15.9 Å². The van der Waals surface area contributed by atoms with Gasteiger partial charge < -0.3 is 5.32 Å². The number of anilines is 1. The third-order valence-electron chi connectivity index (χ3n) is 2.21. The molecule has 1 aromatic rings. The molecule has 1 aliphatic rings. The Labute approximate surface area is 91.0 Å². The van der Waals surface area contributed by atoms with Gasteiger partial charge in [0.05, 0.1) is 5.56 Å². The summed E-state index contributed by atoms with van der Waals surface area (Å²) in [6, 6.07) is 1.81. The van der Waals surface area contributed by atoms with Crippen LogP contribution in [0.5, 0.6) is 0 Å². The average Bonchev–Trinajstić information content (AvgIpc) is 2.05. The van der Waals surface area contributed by atoms with Gasteiger partial charge in [0.25, 0.3) is 0 Å². The monoisotopic (exact) mass is 254 g/mol. The van der Waals surface area contributed by atoms with Gasteiger partial charge in [-0.15, -0.1) is 0 Å². The zero-order valence-electron chi connectivity index (χ0n) is 8.10. The van der Waals surface area contributed by atoms with Gasteiger partial charge in [-0.25, -0.2) is 4.98 Å². The first-order valence-corrected chi connectivity index (χ1v) is 5.24. The van der Waals surface area contributed by atoms with Crippen LogP contribution in [0.15, 0.2) is 16.7 Å². The lowest BCUT2D eigenvalue weighted by molar-refractivity contribution is 0.0957. The maximum absolute atomic E-state index is 11.8. The van der Waals surface area contributed by atoms with E-state index in [2.05, 4.69) is 26.2 Å². The fraction of sp³-hybridized carbons (Fsp3) is 0.400. The largest absolute Gasteiger partial charge is 0.364 e. The number of aromatic nitrogens is 1. The van der Waals surface area contributed by atoms with Crippen LogP contribution in [0.25, 0.3) is 0 Å². The van der Waals surface area contributed by atoms with E-state index in [4.69, 9.17) is 0 Å². The molecule has 0 saturated carbocycles. The number of ketones is 1. The number of hydrogen-bond donors (Lipinski definition) is 1. The number of Topliss-reactive ketones (excluding diaryl/α,β-unsaturated/α-hetero) is 1. The van der Waals surface area contributed by atoms with Crippen LogP contribution in [-0.2, 0) is 0 Å². The van der Waals surface area contributed by atoms with Crippen molar-refractivity contribution in [2.75, 3.05) is 5.32 Å². The highest BCUT2D eigenvalue weighted by molar-refractivity contribution is 9.10. The predicted molar refractivity (Wildman–Crippen MR) is 58.6 cm³/mol. The van der Waals surface area contributed by atoms with E-state index in [1.165, 1.54) is 0 Å². The van der Waals surface area contributed by atoms with Crippen LogP contribution < -0.4 is 5.32 Å². The van der Waals surface area contributed by atoms with Crippen LogP contribution in [0.4, 0.5) is 5.82 Å². The summed E-state index contributed by atoms with van der Waals surface area (Å²) in [5.74, 6) is 0.840. The topological polar surface area (TPSA) is 42.0 Å². The van der Waals surface area contributed by atoms with Crippen LogP contribution in [0, 0.1) is 0 Å². The van der Waals surface area contributed by atoms with Crippen LogP contribution in [0.2, 0.25) is 0 Å². The first kappa shape index (κ1) is 9.65. The van der Waals surface area contributed by atoms with Gasteiger partial charge in [-0.3, -0.25) is 4.79 Å². The summed E-state index contributed by atoms with van der Waals surface area (Å²) in [6.07, 6.45) is 2.21. The van der Waals surface area contributed by atoms with E-state index in [0.717, 1.165) is 4.47 Å². The van der Waals surface area contributed by atoms with Crippen molar-refractivity contribution in [3.8, 4) is 0 Å². The van der Waals surface area contributed by atoms with Gasteiger partial charge in [0.2, 0.25) is 0 Å². The van der Waals surface area contributed by atoms with Crippen LogP contribution in [0.3, 0.4) is 0 Å². The average molecular weight is 255 g/mol. The molecule has 2 heterocycles. The summed E-state index contributed by atoms with van der Waals surface area (Å²) in [6.45, 7) is 4.00. The summed E-state index contributed by atoms with van der Waals surface area (Å²) < 4.78 is 0.839. The number of pyridine rings is 1. The Kier molecular flexibility index (Phi) is 2.10. The van der Waals surface area contributed by atoms with Gasteiger partial charge in [-0.05, 0) is 35.8 Å². The summed E-state index contributed by atoms with van der Waals surface area (Å²) in [7, 11) is 0. The molecule has 1 N–H and O–H groups in total. The standard InChI is InChI=1S/C10H11BrN2O/c1-10(2)4-8(14)7-3-6(11)5-12-9(7)13-10/h3,5H,4H2,1-2H3,(H,12,13). The summed E-state index contributed by atoms with van der Waals surface area (Å²) in [4.78, 5) is 15.9. The molecule has 4 heteroatoms. The Bertz CT molecular complexity index is 401. The van der Waals surface area contributed by atoms with Gasteiger partial charge in [-0.2, -0.15) is 0 Å². The maximum atomic E-state index is 11.8. The number of halogens is 1. The molecule has 0 bridgehead atoms. The Morgan fingerprint density at radius 2 is 2.29 bits per heavy atom. The molecule has 1 aromatic heterocycles. The minimum Gasteiger partial charge on any atom is -0.364 e. The predicted octanol–water partition coefficient (Wildman–Crippen LogP) is 2.62. The molecule has 0 fully saturated rings. The van der Waals surface area contributed by atoms with Crippen LogP contribution in [-0.4, -0.2) is 16.3 Å². The van der Waals surface area contributed by atoms with Crippen molar-refractivity contribution in [3.05, 3.63) is 22.3 Å². The zero-order valence-corrected chi connectivity index (χ0v) is 9.68. The molecule has 74 valence electrons. The molecule has 0 spiro atoms. The number of fused-ring (bicyclic) bond motifs is 1. The first-order valence-electron chi connectivity index (χ1n) is 4.45. The fourth-order valence-corrected chi connectivity index (χ4v) is 1.94. The number of nitrogens with one attached hydrogen (secondary N) is 1. The van der Waals surface area contributed by atoms with Crippen molar-refractivity contribution >= 4 is 27.5 Å². The van der Waals surface area contributed by atoms with Gasteiger partial charge in [0.15, 0.2) is 5.78 Å². The van der Waals surface area contributed by atoms with Crippen molar-refractivity contribution in [2.45, 2.75) is 25.8 Å². The van der Waals surface area contributed by atoms with Gasteiger partial charge in [0.1, 0.15) is 5.82 Å². The molecule has 0 unspecified atom stereocenters. The van der Waals surface area contributed by atoms with Crippen LogP contribution in [0.1, 0.15) is 30.6 Å². The van der Waals surface area contributed by atoms with E-state index in [0.29, 0.717) is 17.8 Å². The van der Waals surface area contributed by atoms with Crippen molar-refractivity contribution in [2.24, 2.45) is 0 Å². The number of nitrogens with zero attached hydrogens (tertiary/aromatic N) is 1. The highest BCUT2D eigenvalue weighted by atomic mass is 79.9. The lowest BCUT2D eigenvalue weighted by Gasteiger charge is -2.31. The minimum absolute atomic E-state index is 0.151. The number of carbonyl (C=O) groups excluding carboxylic acids is 1. The Morgan fingerprint density at radius 1 is 1.57 bits per heavy atom. The molecule has 14 heavy (non-hydrogen) atoms. The third kappa shape index (κ3) is 1.66.